The van der Waals surface area contributed by atoms with Gasteiger partial charge in [-0.2, -0.15) is 0 Å². The highest BCUT2D eigenvalue weighted by Crippen LogP contribution is 2.13. The number of hydrogen-bond acceptors (Lipinski definition) is 2. The first-order chi connectivity index (χ1) is 6.93. The summed E-state index contributed by atoms with van der Waals surface area (Å²) in [6.45, 7) is 0.879. The number of rotatable bonds is 3. The van der Waals surface area contributed by atoms with Crippen LogP contribution in [0.4, 0.5) is 13.2 Å². The van der Waals surface area contributed by atoms with E-state index in [-0.39, 0.29) is 0 Å². The minimum atomic E-state index is -2.40. The largest absolute Gasteiger partial charge is 0.296 e. The van der Waals surface area contributed by atoms with Crippen molar-refractivity contribution in [2.45, 2.75) is 13.1 Å². The minimum absolute atomic E-state index is 0.458. The van der Waals surface area contributed by atoms with Gasteiger partial charge in [-0.3, -0.25) is 9.59 Å². The average Bonchev–Trinajstić information content (AvgIpc) is 2.15. The second-order valence-electron chi connectivity index (χ2n) is 2.96. The third-order valence-electron chi connectivity index (χ3n) is 1.78. The number of ketones is 2. The molecule has 0 heterocycles. The third-order valence-corrected chi connectivity index (χ3v) is 1.78. The summed E-state index contributed by atoms with van der Waals surface area (Å²) in [5.41, 5.74) is -0.626. The van der Waals surface area contributed by atoms with E-state index in [0.717, 1.165) is 19.1 Å². The van der Waals surface area contributed by atoms with Crippen LogP contribution in [0.1, 0.15) is 17.3 Å². The zero-order valence-electron chi connectivity index (χ0n) is 7.76. The van der Waals surface area contributed by atoms with Crippen LogP contribution in [0.3, 0.4) is 0 Å². The van der Waals surface area contributed by atoms with Gasteiger partial charge in [0.05, 0.1) is 5.56 Å². The minimum Gasteiger partial charge on any atom is -0.296 e. The second-order valence-corrected chi connectivity index (χ2v) is 2.96. The molecule has 0 fully saturated rings. The Labute approximate surface area is 83.7 Å². The molecular formula is C10H7F3O2. The van der Waals surface area contributed by atoms with Gasteiger partial charge in [0, 0.05) is 6.07 Å². The fourth-order valence-electron chi connectivity index (χ4n) is 1.01. The summed E-state index contributed by atoms with van der Waals surface area (Å²) in [5, 5.41) is 0. The Hall–Kier alpha value is -1.65. The van der Waals surface area contributed by atoms with Crippen LogP contribution in [0.2, 0.25) is 0 Å². The van der Waals surface area contributed by atoms with Crippen molar-refractivity contribution in [1.29, 1.82) is 0 Å². The van der Waals surface area contributed by atoms with Gasteiger partial charge >= 0.3 is 0 Å². The molecule has 1 aromatic carbocycles. The summed E-state index contributed by atoms with van der Waals surface area (Å²) in [7, 11) is 0. The summed E-state index contributed by atoms with van der Waals surface area (Å²) in [5.74, 6) is -4.35. The van der Waals surface area contributed by atoms with Gasteiger partial charge in [0.2, 0.25) is 12.0 Å². The molecule has 0 amide bonds. The number of hydrogen-bond donors (Lipinski definition) is 0. The number of carbonyl (C=O) groups excluding carboxylic acids is 2. The van der Waals surface area contributed by atoms with Crippen LogP contribution in [0.15, 0.2) is 18.2 Å². The van der Waals surface area contributed by atoms with Gasteiger partial charge in [0.1, 0.15) is 11.6 Å². The maximum Gasteiger partial charge on any atom is 0.220 e. The van der Waals surface area contributed by atoms with Gasteiger partial charge < -0.3 is 0 Å². The highest BCUT2D eigenvalue weighted by molar-refractivity contribution is 6.12. The highest BCUT2D eigenvalue weighted by Gasteiger charge is 2.26. The molecular weight excluding hydrogens is 209 g/mol. The van der Waals surface area contributed by atoms with Crippen LogP contribution < -0.4 is 0 Å². The lowest BCUT2D eigenvalue weighted by molar-refractivity contribution is -0.120. The molecule has 1 atom stereocenters. The van der Waals surface area contributed by atoms with Crippen LogP contribution >= 0.6 is 0 Å². The first kappa shape index (κ1) is 11.4. The SMILES string of the molecule is CC(=O)C(F)C(=O)c1ccc(F)cc1F. The second kappa shape index (κ2) is 4.25. The first-order valence-electron chi connectivity index (χ1n) is 4.07. The van der Waals surface area contributed by atoms with Crippen molar-refractivity contribution in [3.05, 3.63) is 35.4 Å². The molecule has 15 heavy (non-hydrogen) atoms. The Balaban J connectivity index is 3.07. The van der Waals surface area contributed by atoms with Crippen molar-refractivity contribution in [2.24, 2.45) is 0 Å². The predicted molar refractivity (Wildman–Crippen MR) is 46.3 cm³/mol. The molecule has 80 valence electrons. The molecule has 0 aliphatic carbocycles. The predicted octanol–water partition coefficient (Wildman–Crippen LogP) is 2.07. The Kier molecular flexibility index (Phi) is 3.24. The molecule has 0 aromatic heterocycles. The molecule has 1 aromatic rings. The van der Waals surface area contributed by atoms with E-state index < -0.39 is 34.9 Å². The molecule has 0 spiro atoms. The van der Waals surface area contributed by atoms with Crippen molar-refractivity contribution >= 4 is 11.6 Å². The molecule has 0 aliphatic heterocycles. The lowest BCUT2D eigenvalue weighted by Gasteiger charge is -2.04. The van der Waals surface area contributed by atoms with Gasteiger partial charge in [-0.05, 0) is 19.1 Å². The monoisotopic (exact) mass is 216 g/mol. The number of carbonyl (C=O) groups is 2. The molecule has 0 saturated heterocycles. The summed E-state index contributed by atoms with van der Waals surface area (Å²) in [6, 6.07) is 2.09. The zero-order valence-corrected chi connectivity index (χ0v) is 7.76. The summed E-state index contributed by atoms with van der Waals surface area (Å²) in [6.07, 6.45) is -2.40. The molecule has 0 radical (unpaired) electrons. The van der Waals surface area contributed by atoms with Gasteiger partial charge in [-0.1, -0.05) is 0 Å². The Morgan fingerprint density at radius 2 is 1.87 bits per heavy atom. The Morgan fingerprint density at radius 3 is 2.33 bits per heavy atom. The molecule has 5 heteroatoms. The van der Waals surface area contributed by atoms with E-state index in [2.05, 4.69) is 0 Å². The maximum absolute atomic E-state index is 13.0. The fourth-order valence-corrected chi connectivity index (χ4v) is 1.01. The van der Waals surface area contributed by atoms with E-state index in [1.165, 1.54) is 0 Å². The van der Waals surface area contributed by atoms with E-state index in [1.807, 2.05) is 0 Å². The van der Waals surface area contributed by atoms with Crippen LogP contribution in [0.25, 0.3) is 0 Å². The van der Waals surface area contributed by atoms with E-state index in [4.69, 9.17) is 0 Å². The van der Waals surface area contributed by atoms with Gasteiger partial charge in [-0.15, -0.1) is 0 Å². The number of alkyl halides is 1. The fraction of sp³-hybridized carbons (Fsp3) is 0.200. The van der Waals surface area contributed by atoms with Crippen LogP contribution in [-0.2, 0) is 4.79 Å². The van der Waals surface area contributed by atoms with Gasteiger partial charge in [0.25, 0.3) is 0 Å². The average molecular weight is 216 g/mol. The molecule has 0 saturated carbocycles. The topological polar surface area (TPSA) is 34.1 Å². The van der Waals surface area contributed by atoms with Crippen molar-refractivity contribution in [3.63, 3.8) is 0 Å². The number of benzene rings is 1. The van der Waals surface area contributed by atoms with Crippen LogP contribution in [0.5, 0.6) is 0 Å². The Morgan fingerprint density at radius 1 is 1.27 bits per heavy atom. The smallest absolute Gasteiger partial charge is 0.220 e. The van der Waals surface area contributed by atoms with Gasteiger partial charge in [-0.25, -0.2) is 13.2 Å². The molecule has 1 rings (SSSR count). The van der Waals surface area contributed by atoms with Crippen molar-refractivity contribution in [3.8, 4) is 0 Å². The third kappa shape index (κ3) is 2.43. The standard InChI is InChI=1S/C10H7F3O2/c1-5(14)9(13)10(15)7-3-2-6(11)4-8(7)12/h2-4,9H,1H3. The van der Waals surface area contributed by atoms with Gasteiger partial charge in [0.15, 0.2) is 5.78 Å². The molecule has 0 aliphatic rings. The molecule has 2 nitrogen and oxygen atoms in total. The first-order valence-corrected chi connectivity index (χ1v) is 4.07. The normalized spacial score (nSPS) is 12.3. The summed E-state index contributed by atoms with van der Waals surface area (Å²) in [4.78, 5) is 21.7. The molecule has 0 bridgehead atoms. The van der Waals surface area contributed by atoms with E-state index in [1.54, 1.807) is 0 Å². The lowest BCUT2D eigenvalue weighted by atomic mass is 10.0. The van der Waals surface area contributed by atoms with Crippen LogP contribution in [0, 0.1) is 11.6 Å². The maximum atomic E-state index is 13.0. The van der Waals surface area contributed by atoms with E-state index >= 15 is 0 Å². The zero-order chi connectivity index (χ0) is 11.6. The molecule has 1 unspecified atom stereocenters. The summed E-state index contributed by atoms with van der Waals surface area (Å²) >= 11 is 0. The Bertz CT molecular complexity index is 415. The van der Waals surface area contributed by atoms with Crippen molar-refractivity contribution in [2.75, 3.05) is 0 Å². The molecule has 0 N–H and O–H groups in total. The van der Waals surface area contributed by atoms with E-state index in [0.29, 0.717) is 6.07 Å². The van der Waals surface area contributed by atoms with E-state index in [9.17, 15) is 22.8 Å². The lowest BCUT2D eigenvalue weighted by Crippen LogP contribution is -2.24. The quantitative estimate of drug-likeness (QED) is 0.572. The van der Waals surface area contributed by atoms with Crippen molar-refractivity contribution in [1.82, 2.24) is 0 Å². The summed E-state index contributed by atoms with van der Waals surface area (Å²) < 4.78 is 38.4. The van der Waals surface area contributed by atoms with Crippen LogP contribution in [-0.4, -0.2) is 17.7 Å². The van der Waals surface area contributed by atoms with Crippen molar-refractivity contribution < 1.29 is 22.8 Å². The number of halogens is 3. The number of Topliss-reactive ketones (excluding diaryl/α,β-unsaturated/α-hetero) is 2. The highest BCUT2D eigenvalue weighted by atomic mass is 19.1.